The average Bonchev–Trinajstić information content (AvgIpc) is 2.43. The van der Waals surface area contributed by atoms with Crippen LogP contribution in [0.4, 0.5) is 0 Å². The highest BCUT2D eigenvalue weighted by Crippen LogP contribution is 2.07. The van der Waals surface area contributed by atoms with Gasteiger partial charge in [0.25, 0.3) is 0 Å². The number of nitrogens with one attached hydrogen (secondary N) is 3. The van der Waals surface area contributed by atoms with Gasteiger partial charge in [-0.2, -0.15) is 0 Å². The molecule has 1 rings (SSSR count). The fourth-order valence-corrected chi connectivity index (χ4v) is 2.46. The molecule has 0 spiro atoms. The van der Waals surface area contributed by atoms with Crippen LogP contribution in [-0.4, -0.2) is 62.2 Å². The smallest absolute Gasteiger partial charge is 0.191 e. The van der Waals surface area contributed by atoms with Gasteiger partial charge in [0.1, 0.15) is 0 Å². The molecule has 0 atom stereocenters. The van der Waals surface area contributed by atoms with Crippen LogP contribution in [0.2, 0.25) is 0 Å². The van der Waals surface area contributed by atoms with E-state index in [9.17, 15) is 0 Å². The predicted molar refractivity (Wildman–Crippen MR) is 107 cm³/mol. The monoisotopic (exact) mass is 425 g/mol. The number of nitrogens with zero attached hydrogens (tertiary/aromatic N) is 2. The minimum Gasteiger partial charge on any atom is -0.357 e. The summed E-state index contributed by atoms with van der Waals surface area (Å²) in [5.41, 5.74) is 0.162. The maximum atomic E-state index is 4.61. The van der Waals surface area contributed by atoms with Crippen LogP contribution in [0.15, 0.2) is 4.99 Å². The molecular formula is C16H36IN5. The first-order valence-electron chi connectivity index (χ1n) is 8.51. The Balaban J connectivity index is 0.00000441. The van der Waals surface area contributed by atoms with Crippen LogP contribution in [0, 0.1) is 0 Å². The fourth-order valence-electron chi connectivity index (χ4n) is 2.46. The molecule has 0 bridgehead atoms. The van der Waals surface area contributed by atoms with E-state index in [1.165, 1.54) is 32.4 Å². The van der Waals surface area contributed by atoms with E-state index in [-0.39, 0.29) is 29.5 Å². The number of aliphatic imine (C=N–C) groups is 1. The lowest BCUT2D eigenvalue weighted by Crippen LogP contribution is -2.43. The molecule has 5 nitrogen and oxygen atoms in total. The highest BCUT2D eigenvalue weighted by atomic mass is 127. The lowest BCUT2D eigenvalue weighted by molar-refractivity contribution is 0.232. The Morgan fingerprint density at radius 1 is 1.05 bits per heavy atom. The van der Waals surface area contributed by atoms with Crippen molar-refractivity contribution in [2.45, 2.75) is 52.5 Å². The van der Waals surface area contributed by atoms with Crippen molar-refractivity contribution in [2.75, 3.05) is 45.8 Å². The van der Waals surface area contributed by atoms with E-state index in [1.807, 2.05) is 0 Å². The molecule has 1 heterocycles. The first-order valence-corrected chi connectivity index (χ1v) is 8.51. The summed E-state index contributed by atoms with van der Waals surface area (Å²) in [7, 11) is 0. The standard InChI is InChI=1S/C16H35N5.HI/c1-5-17-15(18-9-10-20-16(2,3)4)19-11-14-21-12-7-6-8-13-21;/h20H,5-14H2,1-4H3,(H2,17,18,19);1H. The third-order valence-corrected chi connectivity index (χ3v) is 3.55. The van der Waals surface area contributed by atoms with E-state index >= 15 is 0 Å². The molecule has 6 heteroatoms. The number of guanidine groups is 1. The van der Waals surface area contributed by atoms with Gasteiger partial charge >= 0.3 is 0 Å². The molecule has 1 saturated heterocycles. The molecule has 0 aromatic carbocycles. The molecule has 0 unspecified atom stereocenters. The van der Waals surface area contributed by atoms with Gasteiger partial charge in [-0.3, -0.25) is 4.99 Å². The second-order valence-corrected chi connectivity index (χ2v) is 6.77. The van der Waals surface area contributed by atoms with Crippen LogP contribution < -0.4 is 16.0 Å². The number of likely N-dealkylation sites (tertiary alicyclic amines) is 1. The summed E-state index contributed by atoms with van der Waals surface area (Å²) in [5, 5.41) is 10.2. The Labute approximate surface area is 154 Å². The van der Waals surface area contributed by atoms with Gasteiger partial charge in [0.2, 0.25) is 0 Å². The van der Waals surface area contributed by atoms with E-state index in [0.717, 1.165) is 38.7 Å². The minimum atomic E-state index is 0. The topological polar surface area (TPSA) is 51.7 Å². The Hall–Kier alpha value is -0.0800. The number of hydrogen-bond acceptors (Lipinski definition) is 3. The number of halogens is 1. The molecule has 0 radical (unpaired) electrons. The van der Waals surface area contributed by atoms with Crippen LogP contribution in [0.1, 0.15) is 47.0 Å². The molecule has 1 aliphatic rings. The zero-order valence-electron chi connectivity index (χ0n) is 14.9. The molecule has 0 saturated carbocycles. The molecule has 0 aromatic rings. The normalized spacial score (nSPS) is 17.0. The second kappa shape index (κ2) is 12.4. The minimum absolute atomic E-state index is 0. The predicted octanol–water partition coefficient (Wildman–Crippen LogP) is 2.03. The van der Waals surface area contributed by atoms with E-state index in [4.69, 9.17) is 0 Å². The maximum Gasteiger partial charge on any atom is 0.191 e. The molecular weight excluding hydrogens is 389 g/mol. The first-order chi connectivity index (χ1) is 10.0. The highest BCUT2D eigenvalue weighted by molar-refractivity contribution is 14.0. The van der Waals surface area contributed by atoms with Crippen LogP contribution in [-0.2, 0) is 0 Å². The number of piperidine rings is 1. The summed E-state index contributed by atoms with van der Waals surface area (Å²) in [4.78, 5) is 7.16. The molecule has 1 aliphatic heterocycles. The van der Waals surface area contributed by atoms with Crippen LogP contribution in [0.5, 0.6) is 0 Å². The summed E-state index contributed by atoms with van der Waals surface area (Å²) >= 11 is 0. The van der Waals surface area contributed by atoms with Gasteiger partial charge in [0.05, 0.1) is 6.54 Å². The lowest BCUT2D eigenvalue weighted by atomic mass is 10.1. The van der Waals surface area contributed by atoms with E-state index in [1.54, 1.807) is 0 Å². The van der Waals surface area contributed by atoms with Crippen LogP contribution >= 0.6 is 24.0 Å². The number of rotatable bonds is 7. The average molecular weight is 425 g/mol. The van der Waals surface area contributed by atoms with Gasteiger partial charge in [0.15, 0.2) is 5.96 Å². The maximum absolute atomic E-state index is 4.61. The zero-order chi connectivity index (χ0) is 15.6. The summed E-state index contributed by atoms with van der Waals surface area (Å²) in [5.74, 6) is 0.935. The third-order valence-electron chi connectivity index (χ3n) is 3.55. The van der Waals surface area contributed by atoms with Gasteiger partial charge in [-0.25, -0.2) is 0 Å². The van der Waals surface area contributed by atoms with Gasteiger partial charge < -0.3 is 20.9 Å². The quantitative estimate of drug-likeness (QED) is 0.253. The zero-order valence-corrected chi connectivity index (χ0v) is 17.2. The first kappa shape index (κ1) is 21.9. The third kappa shape index (κ3) is 11.5. The summed E-state index contributed by atoms with van der Waals surface area (Å²) in [6, 6.07) is 0. The van der Waals surface area contributed by atoms with Crippen molar-refractivity contribution in [3.05, 3.63) is 0 Å². The van der Waals surface area contributed by atoms with Crippen LogP contribution in [0.25, 0.3) is 0 Å². The van der Waals surface area contributed by atoms with Crippen molar-refractivity contribution < 1.29 is 0 Å². The van der Waals surface area contributed by atoms with Crippen molar-refractivity contribution >= 4 is 29.9 Å². The molecule has 132 valence electrons. The summed E-state index contributed by atoms with van der Waals surface area (Å²) < 4.78 is 0. The van der Waals surface area contributed by atoms with E-state index < -0.39 is 0 Å². The van der Waals surface area contributed by atoms with Crippen molar-refractivity contribution in [2.24, 2.45) is 4.99 Å². The largest absolute Gasteiger partial charge is 0.357 e. The van der Waals surface area contributed by atoms with Gasteiger partial charge in [0, 0.05) is 31.7 Å². The van der Waals surface area contributed by atoms with Gasteiger partial charge in [-0.15, -0.1) is 24.0 Å². The number of hydrogen-bond donors (Lipinski definition) is 3. The highest BCUT2D eigenvalue weighted by Gasteiger charge is 2.09. The molecule has 0 aromatic heterocycles. The molecule has 22 heavy (non-hydrogen) atoms. The summed E-state index contributed by atoms with van der Waals surface area (Å²) in [6.45, 7) is 15.9. The van der Waals surface area contributed by atoms with E-state index in [0.29, 0.717) is 0 Å². The Bertz CT molecular complexity index is 295. The summed E-state index contributed by atoms with van der Waals surface area (Å²) in [6.07, 6.45) is 4.11. The molecule has 0 aliphatic carbocycles. The van der Waals surface area contributed by atoms with Crippen molar-refractivity contribution in [1.82, 2.24) is 20.9 Å². The SMILES string of the molecule is CCNC(=NCCNC(C)(C)C)NCCN1CCCCC1.I. The van der Waals surface area contributed by atoms with E-state index in [2.05, 4.69) is 53.5 Å². The molecule has 0 amide bonds. The molecule has 1 fully saturated rings. The Morgan fingerprint density at radius 2 is 1.73 bits per heavy atom. The van der Waals surface area contributed by atoms with Crippen molar-refractivity contribution in [3.8, 4) is 0 Å². The lowest BCUT2D eigenvalue weighted by Gasteiger charge is -2.26. The van der Waals surface area contributed by atoms with Crippen LogP contribution in [0.3, 0.4) is 0 Å². The Morgan fingerprint density at radius 3 is 2.32 bits per heavy atom. The second-order valence-electron chi connectivity index (χ2n) is 6.77. The molecule has 3 N–H and O–H groups in total. The van der Waals surface area contributed by atoms with Crippen molar-refractivity contribution in [1.29, 1.82) is 0 Å². The fraction of sp³-hybridized carbons (Fsp3) is 0.938. The van der Waals surface area contributed by atoms with Gasteiger partial charge in [-0.05, 0) is 53.6 Å². The van der Waals surface area contributed by atoms with Crippen molar-refractivity contribution in [3.63, 3.8) is 0 Å². The van der Waals surface area contributed by atoms with Gasteiger partial charge in [-0.1, -0.05) is 6.42 Å². The Kier molecular flexibility index (Phi) is 12.3.